The Morgan fingerprint density at radius 2 is 0.962 bits per heavy atom. The molecule has 3 nitrogen and oxygen atoms in total. The third kappa shape index (κ3) is 4.52. The second-order valence-electron chi connectivity index (χ2n) is 13.9. The molecule has 0 aliphatic heterocycles. The summed E-state index contributed by atoms with van der Waals surface area (Å²) in [5.41, 5.74) is 6.63. The Hall–Kier alpha value is -6.38. The maximum atomic E-state index is 12.6. The number of aromatic nitrogens is 2. The fraction of sp³-hybridized carbons (Fsp3) is 0. The van der Waals surface area contributed by atoms with Gasteiger partial charge in [0.1, 0.15) is 21.6 Å². The SMILES string of the molecule is O[P+](c1ccccc1)(c1ccccc1)c1ccc2c(ccc3cc(-c4ccc5ccc6c7ccccc7c7nc8ccccc8n7c6c5c4)ccc32)c1. The minimum absolute atomic E-state index is 0.953. The van der Waals surface area contributed by atoms with Crippen molar-refractivity contribution in [1.82, 2.24) is 9.38 Å². The minimum atomic E-state index is -2.82. The zero-order valence-corrected chi connectivity index (χ0v) is 29.6. The molecule has 248 valence electrons. The molecule has 0 atom stereocenters. The van der Waals surface area contributed by atoms with Gasteiger partial charge in [0.25, 0.3) is 0 Å². The van der Waals surface area contributed by atoms with Gasteiger partial charge < -0.3 is 0 Å². The summed E-state index contributed by atoms with van der Waals surface area (Å²) < 4.78 is 2.36. The number of nitrogens with zero attached hydrogens (tertiary/aromatic N) is 2. The molecule has 0 amide bonds. The van der Waals surface area contributed by atoms with Gasteiger partial charge in [0, 0.05) is 16.2 Å². The lowest BCUT2D eigenvalue weighted by Gasteiger charge is -2.20. The minimum Gasteiger partial charge on any atom is -0.291 e. The highest BCUT2D eigenvalue weighted by molar-refractivity contribution is 7.91. The van der Waals surface area contributed by atoms with E-state index in [1.54, 1.807) is 0 Å². The first-order valence-electron chi connectivity index (χ1n) is 18.0. The summed E-state index contributed by atoms with van der Waals surface area (Å²) in [7, 11) is -2.82. The summed E-state index contributed by atoms with van der Waals surface area (Å²) in [6, 6.07) is 66.4. The normalized spacial score (nSPS) is 12.2. The van der Waals surface area contributed by atoms with E-state index < -0.39 is 7.49 Å². The van der Waals surface area contributed by atoms with Crippen LogP contribution in [0.25, 0.3) is 81.8 Å². The van der Waals surface area contributed by atoms with Gasteiger partial charge in [-0.3, -0.25) is 4.40 Å². The van der Waals surface area contributed by atoms with Crippen LogP contribution in [0.3, 0.4) is 0 Å². The number of hydrogen-bond acceptors (Lipinski definition) is 2. The number of benzene rings is 9. The van der Waals surface area contributed by atoms with Crippen LogP contribution in [0.5, 0.6) is 0 Å². The quantitative estimate of drug-likeness (QED) is 0.147. The predicted molar refractivity (Wildman–Crippen MR) is 227 cm³/mol. The zero-order chi connectivity index (χ0) is 35.1. The molecule has 9 aromatic carbocycles. The van der Waals surface area contributed by atoms with Gasteiger partial charge >= 0.3 is 0 Å². The van der Waals surface area contributed by atoms with Crippen molar-refractivity contribution in [3.63, 3.8) is 0 Å². The number of hydrogen-bond donors (Lipinski definition) is 1. The van der Waals surface area contributed by atoms with Crippen molar-refractivity contribution in [2.24, 2.45) is 0 Å². The molecule has 0 aliphatic rings. The van der Waals surface area contributed by atoms with Gasteiger partial charge in [-0.1, -0.05) is 121 Å². The fourth-order valence-corrected chi connectivity index (χ4v) is 11.2. The van der Waals surface area contributed by atoms with E-state index in [0.29, 0.717) is 0 Å². The molecule has 0 bridgehead atoms. The van der Waals surface area contributed by atoms with Gasteiger partial charge in [-0.05, 0) is 110 Å². The lowest BCUT2D eigenvalue weighted by Crippen LogP contribution is -2.30. The Kier molecular flexibility index (Phi) is 6.60. The average Bonchev–Trinajstić information content (AvgIpc) is 3.63. The van der Waals surface area contributed by atoms with Crippen LogP contribution in [-0.2, 0) is 0 Å². The Morgan fingerprint density at radius 1 is 0.396 bits per heavy atom. The molecule has 2 heterocycles. The maximum Gasteiger partial charge on any atom is 0.238 e. The molecular weight excluding hydrogens is 664 g/mol. The van der Waals surface area contributed by atoms with Crippen LogP contribution in [0, 0.1) is 0 Å². The fourth-order valence-electron chi connectivity index (χ4n) is 8.46. The van der Waals surface area contributed by atoms with Crippen molar-refractivity contribution in [2.75, 3.05) is 0 Å². The number of rotatable bonds is 4. The van der Waals surface area contributed by atoms with E-state index in [-0.39, 0.29) is 0 Å². The average molecular weight is 696 g/mol. The Balaban J connectivity index is 1.08. The summed E-state index contributed by atoms with van der Waals surface area (Å²) in [6.45, 7) is 0. The smallest absolute Gasteiger partial charge is 0.238 e. The van der Waals surface area contributed by atoms with Crippen molar-refractivity contribution in [3.8, 4) is 11.1 Å². The van der Waals surface area contributed by atoms with Gasteiger partial charge in [-0.25, -0.2) is 9.88 Å². The van der Waals surface area contributed by atoms with Crippen molar-refractivity contribution in [3.05, 3.63) is 188 Å². The summed E-state index contributed by atoms with van der Waals surface area (Å²) in [5, 5.41) is 13.5. The van der Waals surface area contributed by atoms with Crippen LogP contribution in [0.4, 0.5) is 0 Å². The van der Waals surface area contributed by atoms with Crippen molar-refractivity contribution in [2.45, 2.75) is 0 Å². The van der Waals surface area contributed by atoms with Gasteiger partial charge in [-0.2, -0.15) is 0 Å². The van der Waals surface area contributed by atoms with E-state index in [2.05, 4.69) is 132 Å². The molecule has 0 radical (unpaired) electrons. The van der Waals surface area contributed by atoms with Crippen LogP contribution in [0.2, 0.25) is 0 Å². The van der Waals surface area contributed by atoms with E-state index in [4.69, 9.17) is 4.98 Å². The van der Waals surface area contributed by atoms with Crippen LogP contribution < -0.4 is 15.9 Å². The van der Waals surface area contributed by atoms with Gasteiger partial charge in [0.2, 0.25) is 7.49 Å². The summed E-state index contributed by atoms with van der Waals surface area (Å²) in [6.07, 6.45) is 0. The first kappa shape index (κ1) is 30.3. The molecule has 2 aromatic heterocycles. The number of pyridine rings is 1. The van der Waals surface area contributed by atoms with Gasteiger partial charge in [0.15, 0.2) is 0 Å². The van der Waals surface area contributed by atoms with Crippen LogP contribution in [0.1, 0.15) is 0 Å². The standard InChI is InChI=1S/C49H32N2OP/c52-53(37-11-3-1-4-12-37,38-13-5-2-6-14-38)39-25-28-41-36(30-39)22-21-35-29-33(24-26-40(35)41)34-20-19-32-23-27-43-42-15-7-8-16-44(42)49-50-46-17-9-10-18-47(46)51(49)48(43)45(32)31-34/h1-31,52H/q+1. The van der Waals surface area contributed by atoms with E-state index in [9.17, 15) is 4.89 Å². The number of para-hydroxylation sites is 2. The molecule has 0 saturated carbocycles. The largest absolute Gasteiger partial charge is 0.291 e. The van der Waals surface area contributed by atoms with Gasteiger partial charge in [0.05, 0.1) is 16.6 Å². The third-order valence-electron chi connectivity index (χ3n) is 11.0. The highest BCUT2D eigenvalue weighted by Gasteiger charge is 2.44. The molecule has 11 aromatic rings. The third-order valence-corrected chi connectivity index (χ3v) is 14.1. The van der Waals surface area contributed by atoms with Crippen molar-refractivity contribution < 1.29 is 4.89 Å². The monoisotopic (exact) mass is 695 g/mol. The zero-order valence-electron chi connectivity index (χ0n) is 28.7. The summed E-state index contributed by atoms with van der Waals surface area (Å²) in [5.74, 6) is 0. The summed E-state index contributed by atoms with van der Waals surface area (Å²) >= 11 is 0. The van der Waals surface area contributed by atoms with E-state index in [0.717, 1.165) is 43.4 Å². The lowest BCUT2D eigenvalue weighted by molar-refractivity contribution is 0.633. The predicted octanol–water partition coefficient (Wildman–Crippen LogP) is 11.1. The topological polar surface area (TPSA) is 37.5 Å². The van der Waals surface area contributed by atoms with Crippen LogP contribution >= 0.6 is 7.49 Å². The van der Waals surface area contributed by atoms with Crippen LogP contribution in [0.15, 0.2) is 188 Å². The number of fused-ring (bicyclic) bond motifs is 13. The highest BCUT2D eigenvalue weighted by atomic mass is 31.2. The first-order chi connectivity index (χ1) is 26.1. The number of imidazole rings is 1. The van der Waals surface area contributed by atoms with E-state index in [1.165, 1.54) is 54.3 Å². The maximum absolute atomic E-state index is 12.6. The first-order valence-corrected chi connectivity index (χ1v) is 19.7. The highest BCUT2D eigenvalue weighted by Crippen LogP contribution is 2.51. The molecule has 0 spiro atoms. The van der Waals surface area contributed by atoms with Crippen molar-refractivity contribution in [1.29, 1.82) is 0 Å². The molecule has 11 rings (SSSR count). The molecular formula is C49H32N2OP+. The summed E-state index contributed by atoms with van der Waals surface area (Å²) in [4.78, 5) is 17.7. The van der Waals surface area contributed by atoms with E-state index in [1.807, 2.05) is 60.7 Å². The van der Waals surface area contributed by atoms with Gasteiger partial charge in [-0.15, -0.1) is 0 Å². The van der Waals surface area contributed by atoms with E-state index >= 15 is 0 Å². The second kappa shape index (κ2) is 11.6. The molecule has 0 saturated heterocycles. The Morgan fingerprint density at radius 3 is 1.74 bits per heavy atom. The molecule has 0 unspecified atom stereocenters. The second-order valence-corrected chi connectivity index (χ2v) is 16.7. The van der Waals surface area contributed by atoms with Crippen molar-refractivity contribution >= 4 is 94.1 Å². The molecule has 0 fully saturated rings. The molecule has 53 heavy (non-hydrogen) atoms. The molecule has 1 N–H and O–H groups in total. The molecule has 0 aliphatic carbocycles. The Bertz CT molecular complexity index is 3200. The van der Waals surface area contributed by atoms with Crippen LogP contribution in [-0.4, -0.2) is 14.3 Å². The molecule has 4 heteroatoms. The lowest BCUT2D eigenvalue weighted by atomic mass is 9.95. The Labute approximate surface area is 306 Å².